The zero-order valence-corrected chi connectivity index (χ0v) is 7.02. The monoisotopic (exact) mass is 196 g/mol. The molecule has 0 rings (SSSR count). The standard InChI is InChI=1S/C6H6Cl2O3/c1-2-5(9)11-3-4(7)6(8)10/h2,10H,1,3H2. The first-order chi connectivity index (χ1) is 5.07. The lowest BCUT2D eigenvalue weighted by Crippen LogP contribution is -2.02. The van der Waals surface area contributed by atoms with Crippen molar-refractivity contribution < 1.29 is 14.6 Å². The van der Waals surface area contributed by atoms with Crippen molar-refractivity contribution in [3.63, 3.8) is 0 Å². The molecule has 0 fully saturated rings. The zero-order chi connectivity index (χ0) is 8.85. The third kappa shape index (κ3) is 4.70. The zero-order valence-electron chi connectivity index (χ0n) is 5.51. The number of hydrogen-bond acceptors (Lipinski definition) is 3. The Morgan fingerprint density at radius 2 is 2.18 bits per heavy atom. The maximum Gasteiger partial charge on any atom is 0.330 e. The first-order valence-corrected chi connectivity index (χ1v) is 3.35. The fraction of sp³-hybridized carbons (Fsp3) is 0.167. The van der Waals surface area contributed by atoms with Gasteiger partial charge >= 0.3 is 5.97 Å². The van der Waals surface area contributed by atoms with Crippen molar-refractivity contribution in [2.75, 3.05) is 6.61 Å². The fourth-order valence-corrected chi connectivity index (χ4v) is 0.362. The van der Waals surface area contributed by atoms with Crippen LogP contribution in [0.25, 0.3) is 0 Å². The second-order valence-electron chi connectivity index (χ2n) is 1.51. The van der Waals surface area contributed by atoms with Crippen molar-refractivity contribution in [3.05, 3.63) is 22.9 Å². The quantitative estimate of drug-likeness (QED) is 0.427. The first kappa shape index (κ1) is 10.3. The van der Waals surface area contributed by atoms with Gasteiger partial charge in [-0.2, -0.15) is 0 Å². The number of aliphatic hydroxyl groups excluding tert-OH is 1. The second kappa shape index (κ2) is 5.04. The second-order valence-corrected chi connectivity index (χ2v) is 2.32. The highest BCUT2D eigenvalue weighted by Gasteiger charge is 2.02. The highest BCUT2D eigenvalue weighted by molar-refractivity contribution is 6.38. The van der Waals surface area contributed by atoms with E-state index in [1.807, 2.05) is 0 Å². The van der Waals surface area contributed by atoms with E-state index in [1.54, 1.807) is 0 Å². The SMILES string of the molecule is C=CC(=O)OCC(Cl)=C(O)Cl. The third-order valence-electron chi connectivity index (χ3n) is 0.732. The fourth-order valence-electron chi connectivity index (χ4n) is 0.253. The van der Waals surface area contributed by atoms with E-state index in [4.69, 9.17) is 28.3 Å². The van der Waals surface area contributed by atoms with E-state index in [0.717, 1.165) is 6.08 Å². The molecule has 0 saturated carbocycles. The van der Waals surface area contributed by atoms with Crippen LogP contribution in [0.1, 0.15) is 0 Å². The third-order valence-corrected chi connectivity index (χ3v) is 1.34. The predicted octanol–water partition coefficient (Wildman–Crippen LogP) is 1.92. The molecular formula is C6H6Cl2O3. The molecule has 0 aromatic rings. The molecule has 5 heteroatoms. The molecule has 0 atom stereocenters. The molecule has 0 spiro atoms. The van der Waals surface area contributed by atoms with Gasteiger partial charge in [-0.05, 0) is 11.6 Å². The summed E-state index contributed by atoms with van der Waals surface area (Å²) in [6.45, 7) is 2.91. The highest BCUT2D eigenvalue weighted by atomic mass is 35.5. The molecule has 0 heterocycles. The molecule has 0 amide bonds. The molecular weight excluding hydrogens is 191 g/mol. The maximum absolute atomic E-state index is 10.4. The van der Waals surface area contributed by atoms with Crippen molar-refractivity contribution >= 4 is 29.2 Å². The molecule has 0 unspecified atom stereocenters. The van der Waals surface area contributed by atoms with Crippen molar-refractivity contribution in [1.82, 2.24) is 0 Å². The van der Waals surface area contributed by atoms with E-state index in [0.29, 0.717) is 0 Å². The first-order valence-electron chi connectivity index (χ1n) is 2.60. The van der Waals surface area contributed by atoms with Crippen molar-refractivity contribution in [1.29, 1.82) is 0 Å². The Kier molecular flexibility index (Phi) is 4.74. The molecule has 0 aromatic carbocycles. The number of carbonyl (C=O) groups excluding carboxylic acids is 1. The number of ether oxygens (including phenoxy) is 1. The molecule has 0 aromatic heterocycles. The normalized spacial score (nSPS) is 11.8. The summed E-state index contributed by atoms with van der Waals surface area (Å²) >= 11 is 10.3. The van der Waals surface area contributed by atoms with Crippen LogP contribution in [-0.4, -0.2) is 17.7 Å². The summed E-state index contributed by atoms with van der Waals surface area (Å²) < 4.78 is 4.42. The van der Waals surface area contributed by atoms with Gasteiger partial charge in [-0.3, -0.25) is 0 Å². The topological polar surface area (TPSA) is 46.5 Å². The Labute approximate surface area is 73.9 Å². The minimum absolute atomic E-state index is 0.123. The smallest absolute Gasteiger partial charge is 0.330 e. The highest BCUT2D eigenvalue weighted by Crippen LogP contribution is 2.10. The summed E-state index contributed by atoms with van der Waals surface area (Å²) in [5, 5.41) is 7.80. The van der Waals surface area contributed by atoms with E-state index in [2.05, 4.69) is 11.3 Å². The molecule has 11 heavy (non-hydrogen) atoms. The maximum atomic E-state index is 10.4. The van der Waals surface area contributed by atoms with E-state index in [9.17, 15) is 4.79 Å². The Morgan fingerprint density at radius 3 is 2.55 bits per heavy atom. The molecule has 62 valence electrons. The Bertz CT molecular complexity index is 194. The van der Waals surface area contributed by atoms with Gasteiger partial charge in [0.1, 0.15) is 11.6 Å². The largest absolute Gasteiger partial charge is 0.498 e. The molecule has 0 aliphatic heterocycles. The van der Waals surface area contributed by atoms with Crippen LogP contribution in [0.3, 0.4) is 0 Å². The Hall–Kier alpha value is -0.670. The van der Waals surface area contributed by atoms with Crippen molar-refractivity contribution in [3.8, 4) is 0 Å². The van der Waals surface area contributed by atoms with Gasteiger partial charge in [0.05, 0.1) is 0 Å². The summed E-state index contributed by atoms with van der Waals surface area (Å²) in [7, 11) is 0. The van der Waals surface area contributed by atoms with Crippen LogP contribution < -0.4 is 0 Å². The van der Waals surface area contributed by atoms with E-state index < -0.39 is 11.2 Å². The number of halogens is 2. The van der Waals surface area contributed by atoms with E-state index in [1.165, 1.54) is 0 Å². The molecule has 0 bridgehead atoms. The van der Waals surface area contributed by atoms with Crippen LogP contribution in [0.15, 0.2) is 22.9 Å². The van der Waals surface area contributed by atoms with Gasteiger partial charge in [0, 0.05) is 6.08 Å². The minimum atomic E-state index is -0.624. The van der Waals surface area contributed by atoms with E-state index in [-0.39, 0.29) is 11.6 Å². The number of rotatable bonds is 3. The number of carbonyl (C=O) groups is 1. The summed E-state index contributed by atoms with van der Waals surface area (Å²) in [4.78, 5) is 10.4. The van der Waals surface area contributed by atoms with Gasteiger partial charge in [0.25, 0.3) is 0 Å². The van der Waals surface area contributed by atoms with Gasteiger partial charge in [0.15, 0.2) is 0 Å². The molecule has 0 radical (unpaired) electrons. The van der Waals surface area contributed by atoms with Crippen LogP contribution in [0.5, 0.6) is 0 Å². The molecule has 0 aliphatic carbocycles. The van der Waals surface area contributed by atoms with Crippen LogP contribution in [0.4, 0.5) is 0 Å². The molecule has 1 N–H and O–H groups in total. The lowest BCUT2D eigenvalue weighted by molar-refractivity contribution is -0.136. The summed E-state index contributed by atoms with van der Waals surface area (Å²) in [6, 6.07) is 0. The number of hydrogen-bond donors (Lipinski definition) is 1. The summed E-state index contributed by atoms with van der Waals surface area (Å²) in [5.41, 5.74) is 0. The van der Waals surface area contributed by atoms with E-state index >= 15 is 0 Å². The Morgan fingerprint density at radius 1 is 1.64 bits per heavy atom. The van der Waals surface area contributed by atoms with Gasteiger partial charge in [-0.25, -0.2) is 4.79 Å². The van der Waals surface area contributed by atoms with Crippen LogP contribution in [-0.2, 0) is 9.53 Å². The van der Waals surface area contributed by atoms with Gasteiger partial charge in [-0.15, -0.1) is 0 Å². The van der Waals surface area contributed by atoms with Gasteiger partial charge in [-0.1, -0.05) is 18.2 Å². The minimum Gasteiger partial charge on any atom is -0.498 e. The predicted molar refractivity (Wildman–Crippen MR) is 42.5 cm³/mol. The van der Waals surface area contributed by atoms with Crippen molar-refractivity contribution in [2.45, 2.75) is 0 Å². The molecule has 0 aliphatic rings. The van der Waals surface area contributed by atoms with Gasteiger partial charge in [0.2, 0.25) is 5.22 Å². The Balaban J connectivity index is 3.81. The summed E-state index contributed by atoms with van der Waals surface area (Å²) in [5.74, 6) is -0.624. The average Bonchev–Trinajstić information content (AvgIpc) is 1.99. The lowest BCUT2D eigenvalue weighted by atomic mass is 10.6. The number of aliphatic hydroxyl groups is 1. The van der Waals surface area contributed by atoms with Crippen LogP contribution in [0, 0.1) is 0 Å². The van der Waals surface area contributed by atoms with Crippen molar-refractivity contribution in [2.24, 2.45) is 0 Å². The average molecular weight is 197 g/mol. The van der Waals surface area contributed by atoms with Crippen LogP contribution >= 0.6 is 23.2 Å². The van der Waals surface area contributed by atoms with Crippen LogP contribution in [0.2, 0.25) is 0 Å². The summed E-state index contributed by atoms with van der Waals surface area (Å²) in [6.07, 6.45) is 0.982. The number of esters is 1. The molecule has 3 nitrogen and oxygen atoms in total. The molecule has 0 saturated heterocycles. The van der Waals surface area contributed by atoms with Gasteiger partial charge < -0.3 is 9.84 Å². The lowest BCUT2D eigenvalue weighted by Gasteiger charge is -1.99.